The lowest BCUT2D eigenvalue weighted by molar-refractivity contribution is 0.251. The van der Waals surface area contributed by atoms with E-state index in [4.69, 9.17) is 12.2 Å². The van der Waals surface area contributed by atoms with Crippen LogP contribution in [0.3, 0.4) is 0 Å². The van der Waals surface area contributed by atoms with Crippen molar-refractivity contribution in [1.29, 1.82) is 0 Å². The summed E-state index contributed by atoms with van der Waals surface area (Å²) < 4.78 is 0. The Bertz CT molecular complexity index is 194. The van der Waals surface area contributed by atoms with Crippen molar-refractivity contribution in [2.45, 2.75) is 46.0 Å². The SMILES string of the molecule is CCCCNC(=S)N1CCCC(CC)C1. The number of hydrogen-bond acceptors (Lipinski definition) is 1. The zero-order valence-corrected chi connectivity index (χ0v) is 10.9. The van der Waals surface area contributed by atoms with Crippen molar-refractivity contribution < 1.29 is 0 Å². The van der Waals surface area contributed by atoms with Gasteiger partial charge in [0, 0.05) is 19.6 Å². The maximum atomic E-state index is 5.40. The third-order valence-corrected chi connectivity index (χ3v) is 3.59. The minimum absolute atomic E-state index is 0.852. The first-order chi connectivity index (χ1) is 7.27. The van der Waals surface area contributed by atoms with Crippen LogP contribution in [0.25, 0.3) is 0 Å². The Morgan fingerprint density at radius 1 is 1.47 bits per heavy atom. The highest BCUT2D eigenvalue weighted by atomic mass is 32.1. The first-order valence-electron chi connectivity index (χ1n) is 6.30. The van der Waals surface area contributed by atoms with Gasteiger partial charge in [0.15, 0.2) is 5.11 Å². The number of nitrogens with zero attached hydrogens (tertiary/aromatic N) is 1. The van der Waals surface area contributed by atoms with E-state index in [2.05, 4.69) is 24.1 Å². The zero-order valence-electron chi connectivity index (χ0n) is 10.1. The molecule has 0 saturated carbocycles. The van der Waals surface area contributed by atoms with Gasteiger partial charge in [0.25, 0.3) is 0 Å². The van der Waals surface area contributed by atoms with Crippen molar-refractivity contribution in [3.63, 3.8) is 0 Å². The largest absolute Gasteiger partial charge is 0.363 e. The van der Waals surface area contributed by atoms with Crippen LogP contribution in [-0.4, -0.2) is 29.6 Å². The number of nitrogens with one attached hydrogen (secondary N) is 1. The van der Waals surface area contributed by atoms with Crippen molar-refractivity contribution in [1.82, 2.24) is 10.2 Å². The molecule has 1 saturated heterocycles. The van der Waals surface area contributed by atoms with Gasteiger partial charge in [-0.05, 0) is 37.4 Å². The quantitative estimate of drug-likeness (QED) is 0.588. The summed E-state index contributed by atoms with van der Waals surface area (Å²) in [5, 5.41) is 4.33. The molecule has 2 nitrogen and oxygen atoms in total. The highest BCUT2D eigenvalue weighted by molar-refractivity contribution is 7.80. The highest BCUT2D eigenvalue weighted by Crippen LogP contribution is 2.18. The number of rotatable bonds is 4. The van der Waals surface area contributed by atoms with Gasteiger partial charge in [0.2, 0.25) is 0 Å². The Hall–Kier alpha value is -0.310. The maximum absolute atomic E-state index is 5.40. The predicted molar refractivity (Wildman–Crippen MR) is 70.1 cm³/mol. The molecule has 1 fully saturated rings. The molecular formula is C12H24N2S. The van der Waals surface area contributed by atoms with Crippen LogP contribution in [-0.2, 0) is 0 Å². The van der Waals surface area contributed by atoms with Gasteiger partial charge >= 0.3 is 0 Å². The van der Waals surface area contributed by atoms with E-state index in [0.717, 1.165) is 30.7 Å². The van der Waals surface area contributed by atoms with Gasteiger partial charge in [-0.25, -0.2) is 0 Å². The molecule has 0 radical (unpaired) electrons. The molecule has 1 heterocycles. The molecule has 1 rings (SSSR count). The normalized spacial score (nSPS) is 21.5. The molecule has 0 spiro atoms. The zero-order chi connectivity index (χ0) is 11.1. The van der Waals surface area contributed by atoms with E-state index >= 15 is 0 Å². The van der Waals surface area contributed by atoms with E-state index < -0.39 is 0 Å². The van der Waals surface area contributed by atoms with Crippen LogP contribution < -0.4 is 5.32 Å². The van der Waals surface area contributed by atoms with Crippen LogP contribution in [0.4, 0.5) is 0 Å². The molecule has 88 valence electrons. The fourth-order valence-electron chi connectivity index (χ4n) is 2.07. The molecule has 0 amide bonds. The van der Waals surface area contributed by atoms with Crippen LogP contribution >= 0.6 is 12.2 Å². The Balaban J connectivity index is 2.25. The van der Waals surface area contributed by atoms with Crippen LogP contribution in [0.2, 0.25) is 0 Å². The number of hydrogen-bond donors (Lipinski definition) is 1. The first kappa shape index (κ1) is 12.8. The molecule has 1 atom stereocenters. The molecule has 0 aromatic rings. The van der Waals surface area contributed by atoms with Crippen molar-refractivity contribution in [3.05, 3.63) is 0 Å². The predicted octanol–water partition coefficient (Wildman–Crippen LogP) is 2.78. The van der Waals surface area contributed by atoms with E-state index in [0.29, 0.717) is 0 Å². The van der Waals surface area contributed by atoms with Crippen LogP contribution in [0.1, 0.15) is 46.0 Å². The van der Waals surface area contributed by atoms with Crippen LogP contribution in [0, 0.1) is 5.92 Å². The summed E-state index contributed by atoms with van der Waals surface area (Å²) in [5.41, 5.74) is 0. The summed E-state index contributed by atoms with van der Waals surface area (Å²) >= 11 is 5.40. The number of piperidine rings is 1. The van der Waals surface area contributed by atoms with Gasteiger partial charge < -0.3 is 10.2 Å². The lowest BCUT2D eigenvalue weighted by atomic mass is 9.96. The van der Waals surface area contributed by atoms with E-state index in [1.807, 2.05) is 0 Å². The smallest absolute Gasteiger partial charge is 0.168 e. The number of thiocarbonyl (C=S) groups is 1. The van der Waals surface area contributed by atoms with Gasteiger partial charge in [-0.1, -0.05) is 26.7 Å². The van der Waals surface area contributed by atoms with E-state index in [-0.39, 0.29) is 0 Å². The number of likely N-dealkylation sites (tertiary alicyclic amines) is 1. The summed E-state index contributed by atoms with van der Waals surface area (Å²) in [5.74, 6) is 0.852. The molecule has 1 unspecified atom stereocenters. The standard InChI is InChI=1S/C12H24N2S/c1-3-5-8-13-12(15)14-9-6-7-11(4-2)10-14/h11H,3-10H2,1-2H3,(H,13,15). The minimum Gasteiger partial charge on any atom is -0.363 e. The Morgan fingerprint density at radius 3 is 2.93 bits per heavy atom. The fourth-order valence-corrected chi connectivity index (χ4v) is 2.33. The monoisotopic (exact) mass is 228 g/mol. The van der Waals surface area contributed by atoms with Gasteiger partial charge in [0.05, 0.1) is 0 Å². The Kier molecular flexibility index (Phi) is 5.99. The third kappa shape index (κ3) is 4.37. The fraction of sp³-hybridized carbons (Fsp3) is 0.917. The van der Waals surface area contributed by atoms with Gasteiger partial charge in [-0.15, -0.1) is 0 Å². The second-order valence-electron chi connectivity index (χ2n) is 4.45. The summed E-state index contributed by atoms with van der Waals surface area (Å²) in [7, 11) is 0. The molecule has 1 aliphatic rings. The van der Waals surface area contributed by atoms with Crippen molar-refractivity contribution in [2.24, 2.45) is 5.92 Å². The second-order valence-corrected chi connectivity index (χ2v) is 4.83. The molecule has 1 aliphatic heterocycles. The molecular weight excluding hydrogens is 204 g/mol. The van der Waals surface area contributed by atoms with Crippen molar-refractivity contribution >= 4 is 17.3 Å². The first-order valence-corrected chi connectivity index (χ1v) is 6.71. The Labute approximate surface area is 99.4 Å². The average Bonchev–Trinajstić information content (AvgIpc) is 2.29. The van der Waals surface area contributed by atoms with Crippen molar-refractivity contribution in [3.8, 4) is 0 Å². The Morgan fingerprint density at radius 2 is 2.27 bits per heavy atom. The summed E-state index contributed by atoms with van der Waals surface area (Å²) in [6, 6.07) is 0. The summed E-state index contributed by atoms with van der Waals surface area (Å²) in [6.07, 6.45) is 6.41. The number of unbranched alkanes of at least 4 members (excludes halogenated alkanes) is 1. The topological polar surface area (TPSA) is 15.3 Å². The molecule has 3 heteroatoms. The molecule has 15 heavy (non-hydrogen) atoms. The van der Waals surface area contributed by atoms with Gasteiger partial charge in [-0.3, -0.25) is 0 Å². The molecule has 0 aromatic carbocycles. The minimum atomic E-state index is 0.852. The third-order valence-electron chi connectivity index (χ3n) is 3.19. The van der Waals surface area contributed by atoms with Crippen LogP contribution in [0.5, 0.6) is 0 Å². The van der Waals surface area contributed by atoms with Gasteiger partial charge in [-0.2, -0.15) is 0 Å². The average molecular weight is 228 g/mol. The second kappa shape index (κ2) is 7.04. The highest BCUT2D eigenvalue weighted by Gasteiger charge is 2.19. The lowest BCUT2D eigenvalue weighted by Crippen LogP contribution is -2.45. The van der Waals surface area contributed by atoms with E-state index in [9.17, 15) is 0 Å². The lowest BCUT2D eigenvalue weighted by Gasteiger charge is -2.34. The maximum Gasteiger partial charge on any atom is 0.168 e. The van der Waals surface area contributed by atoms with E-state index in [1.165, 1.54) is 32.1 Å². The summed E-state index contributed by atoms with van der Waals surface area (Å²) in [6.45, 7) is 7.83. The summed E-state index contributed by atoms with van der Waals surface area (Å²) in [4.78, 5) is 2.35. The molecule has 0 aliphatic carbocycles. The molecule has 0 bridgehead atoms. The van der Waals surface area contributed by atoms with Crippen molar-refractivity contribution in [2.75, 3.05) is 19.6 Å². The van der Waals surface area contributed by atoms with E-state index in [1.54, 1.807) is 0 Å². The van der Waals surface area contributed by atoms with Gasteiger partial charge in [0.1, 0.15) is 0 Å². The van der Waals surface area contributed by atoms with Crippen LogP contribution in [0.15, 0.2) is 0 Å². The molecule has 0 aromatic heterocycles. The molecule has 1 N–H and O–H groups in total.